The van der Waals surface area contributed by atoms with Crippen molar-refractivity contribution in [1.82, 2.24) is 10.2 Å². The lowest BCUT2D eigenvalue weighted by molar-refractivity contribution is -0.137. The van der Waals surface area contributed by atoms with Crippen LogP contribution in [0.5, 0.6) is 0 Å². The zero-order chi connectivity index (χ0) is 13.0. The Labute approximate surface area is 109 Å². The molecule has 2 fully saturated rings. The van der Waals surface area contributed by atoms with E-state index in [-0.39, 0.29) is 18.2 Å². The lowest BCUT2D eigenvalue weighted by Crippen LogP contribution is -2.41. The summed E-state index contributed by atoms with van der Waals surface area (Å²) < 4.78 is 0. The third-order valence-electron chi connectivity index (χ3n) is 4.17. The number of amides is 2. The summed E-state index contributed by atoms with van der Waals surface area (Å²) >= 11 is 0. The maximum atomic E-state index is 12.0. The quantitative estimate of drug-likeness (QED) is 0.777. The minimum absolute atomic E-state index is 0.00241. The molecule has 102 valence electrons. The lowest BCUT2D eigenvalue weighted by atomic mass is 9.99. The van der Waals surface area contributed by atoms with Crippen molar-refractivity contribution < 1.29 is 9.59 Å². The third-order valence-corrected chi connectivity index (χ3v) is 4.17. The van der Waals surface area contributed by atoms with Gasteiger partial charge in [0.15, 0.2) is 0 Å². The third kappa shape index (κ3) is 3.72. The highest BCUT2D eigenvalue weighted by atomic mass is 16.2. The monoisotopic (exact) mass is 252 g/mol. The molecule has 18 heavy (non-hydrogen) atoms. The van der Waals surface area contributed by atoms with Gasteiger partial charge in [-0.3, -0.25) is 9.59 Å². The summed E-state index contributed by atoms with van der Waals surface area (Å²) in [7, 11) is 0. The second-order valence-corrected chi connectivity index (χ2v) is 5.79. The highest BCUT2D eigenvalue weighted by molar-refractivity contribution is 5.97. The van der Waals surface area contributed by atoms with Crippen molar-refractivity contribution in [3.63, 3.8) is 0 Å². The van der Waals surface area contributed by atoms with Crippen LogP contribution in [0.3, 0.4) is 0 Å². The van der Waals surface area contributed by atoms with E-state index in [9.17, 15) is 9.59 Å². The van der Waals surface area contributed by atoms with Gasteiger partial charge in [0.2, 0.25) is 11.8 Å². The second kappa shape index (κ2) is 6.21. The highest BCUT2D eigenvalue weighted by Crippen LogP contribution is 2.18. The SMILES string of the molecule is CC1CCN(C(=O)CC(=O)NC2CCCC2)CC1. The molecule has 0 radical (unpaired) electrons. The van der Waals surface area contributed by atoms with Gasteiger partial charge in [0.25, 0.3) is 0 Å². The van der Waals surface area contributed by atoms with Crippen LogP contribution in [-0.4, -0.2) is 35.8 Å². The molecule has 0 aromatic heterocycles. The zero-order valence-electron chi connectivity index (χ0n) is 11.3. The van der Waals surface area contributed by atoms with Gasteiger partial charge in [0.1, 0.15) is 6.42 Å². The van der Waals surface area contributed by atoms with Gasteiger partial charge in [-0.25, -0.2) is 0 Å². The smallest absolute Gasteiger partial charge is 0.232 e. The number of hydrogen-bond donors (Lipinski definition) is 1. The van der Waals surface area contributed by atoms with E-state index in [1.165, 1.54) is 12.8 Å². The van der Waals surface area contributed by atoms with Crippen molar-refractivity contribution in [2.45, 2.75) is 57.9 Å². The number of hydrogen-bond acceptors (Lipinski definition) is 2. The molecule has 1 saturated carbocycles. The molecule has 1 heterocycles. The molecule has 2 aliphatic rings. The summed E-state index contributed by atoms with van der Waals surface area (Å²) in [6, 6.07) is 0.312. The molecular weight excluding hydrogens is 228 g/mol. The van der Waals surface area contributed by atoms with Gasteiger partial charge < -0.3 is 10.2 Å². The molecule has 2 rings (SSSR count). The maximum Gasteiger partial charge on any atom is 0.232 e. The highest BCUT2D eigenvalue weighted by Gasteiger charge is 2.23. The van der Waals surface area contributed by atoms with Crippen molar-refractivity contribution >= 4 is 11.8 Å². The van der Waals surface area contributed by atoms with E-state index < -0.39 is 0 Å². The molecule has 0 aromatic rings. The molecule has 0 aromatic carbocycles. The molecular formula is C14H24N2O2. The number of nitrogens with one attached hydrogen (secondary N) is 1. The summed E-state index contributed by atoms with van der Waals surface area (Å²) in [5.41, 5.74) is 0. The number of carbonyl (C=O) groups is 2. The van der Waals surface area contributed by atoms with Gasteiger partial charge in [-0.2, -0.15) is 0 Å². The van der Waals surface area contributed by atoms with Crippen LogP contribution in [0.2, 0.25) is 0 Å². The average Bonchev–Trinajstić information content (AvgIpc) is 2.82. The van der Waals surface area contributed by atoms with Gasteiger partial charge >= 0.3 is 0 Å². The number of piperidine rings is 1. The standard InChI is InChI=1S/C14H24N2O2/c1-11-6-8-16(9-7-11)14(18)10-13(17)15-12-4-2-3-5-12/h11-12H,2-10H2,1H3,(H,15,17). The van der Waals surface area contributed by atoms with Crippen molar-refractivity contribution in [3.8, 4) is 0 Å². The predicted octanol–water partition coefficient (Wildman–Crippen LogP) is 1.69. The number of carbonyl (C=O) groups excluding carboxylic acids is 2. The van der Waals surface area contributed by atoms with Crippen molar-refractivity contribution in [2.75, 3.05) is 13.1 Å². The molecule has 1 saturated heterocycles. The first-order valence-electron chi connectivity index (χ1n) is 7.22. The topological polar surface area (TPSA) is 49.4 Å². The van der Waals surface area contributed by atoms with E-state index in [0.29, 0.717) is 12.0 Å². The van der Waals surface area contributed by atoms with Crippen molar-refractivity contribution in [3.05, 3.63) is 0 Å². The summed E-state index contributed by atoms with van der Waals surface area (Å²) in [5, 5.41) is 2.97. The normalized spacial score (nSPS) is 22.2. The van der Waals surface area contributed by atoms with E-state index in [0.717, 1.165) is 38.8 Å². The van der Waals surface area contributed by atoms with Crippen LogP contribution in [0.1, 0.15) is 51.9 Å². The molecule has 1 aliphatic carbocycles. The Bertz CT molecular complexity index is 303. The van der Waals surface area contributed by atoms with E-state index >= 15 is 0 Å². The van der Waals surface area contributed by atoms with Gasteiger partial charge in [-0.1, -0.05) is 19.8 Å². The van der Waals surface area contributed by atoms with Crippen molar-refractivity contribution in [2.24, 2.45) is 5.92 Å². The van der Waals surface area contributed by atoms with Gasteiger partial charge in [-0.15, -0.1) is 0 Å². The Hall–Kier alpha value is -1.06. The Morgan fingerprint density at radius 3 is 2.33 bits per heavy atom. The molecule has 0 bridgehead atoms. The minimum Gasteiger partial charge on any atom is -0.353 e. The molecule has 0 unspecified atom stereocenters. The van der Waals surface area contributed by atoms with Crippen LogP contribution in [0, 0.1) is 5.92 Å². The Kier molecular flexibility index (Phi) is 4.61. The first kappa shape index (κ1) is 13.4. The Morgan fingerprint density at radius 1 is 1.11 bits per heavy atom. The zero-order valence-corrected chi connectivity index (χ0v) is 11.3. The molecule has 2 amide bonds. The molecule has 1 aliphatic heterocycles. The maximum absolute atomic E-state index is 12.0. The fourth-order valence-electron chi connectivity index (χ4n) is 2.86. The number of likely N-dealkylation sites (tertiary alicyclic amines) is 1. The van der Waals surface area contributed by atoms with Crippen LogP contribution in [0.25, 0.3) is 0 Å². The van der Waals surface area contributed by atoms with E-state index in [1.54, 1.807) is 0 Å². The first-order valence-corrected chi connectivity index (χ1v) is 7.22. The second-order valence-electron chi connectivity index (χ2n) is 5.79. The molecule has 0 spiro atoms. The molecule has 4 nitrogen and oxygen atoms in total. The van der Waals surface area contributed by atoms with Crippen LogP contribution >= 0.6 is 0 Å². The largest absolute Gasteiger partial charge is 0.353 e. The van der Waals surface area contributed by atoms with Crippen LogP contribution in [0.4, 0.5) is 0 Å². The summed E-state index contributed by atoms with van der Waals surface area (Å²) in [6.07, 6.45) is 6.70. The van der Waals surface area contributed by atoms with E-state index in [2.05, 4.69) is 12.2 Å². The van der Waals surface area contributed by atoms with Gasteiger partial charge in [0.05, 0.1) is 0 Å². The molecule has 0 atom stereocenters. The van der Waals surface area contributed by atoms with E-state index in [4.69, 9.17) is 0 Å². The molecule has 4 heteroatoms. The lowest BCUT2D eigenvalue weighted by Gasteiger charge is -2.30. The Morgan fingerprint density at radius 2 is 1.72 bits per heavy atom. The molecule has 1 N–H and O–H groups in total. The minimum atomic E-state index is -0.0921. The summed E-state index contributed by atoms with van der Waals surface area (Å²) in [4.78, 5) is 25.6. The first-order chi connectivity index (χ1) is 8.65. The summed E-state index contributed by atoms with van der Waals surface area (Å²) in [5.74, 6) is 0.615. The van der Waals surface area contributed by atoms with E-state index in [1.807, 2.05) is 4.90 Å². The van der Waals surface area contributed by atoms with Crippen molar-refractivity contribution in [1.29, 1.82) is 0 Å². The fraction of sp³-hybridized carbons (Fsp3) is 0.857. The number of nitrogens with zero attached hydrogens (tertiary/aromatic N) is 1. The van der Waals surface area contributed by atoms with Crippen LogP contribution in [-0.2, 0) is 9.59 Å². The Balaban J connectivity index is 1.71. The van der Waals surface area contributed by atoms with Crippen LogP contribution < -0.4 is 5.32 Å². The predicted molar refractivity (Wildman–Crippen MR) is 70.0 cm³/mol. The fourth-order valence-corrected chi connectivity index (χ4v) is 2.86. The summed E-state index contributed by atoms with van der Waals surface area (Å²) in [6.45, 7) is 3.85. The van der Waals surface area contributed by atoms with Gasteiger partial charge in [-0.05, 0) is 31.6 Å². The average molecular weight is 252 g/mol. The van der Waals surface area contributed by atoms with Crippen LogP contribution in [0.15, 0.2) is 0 Å². The number of rotatable bonds is 3. The van der Waals surface area contributed by atoms with Gasteiger partial charge in [0, 0.05) is 19.1 Å².